The van der Waals surface area contributed by atoms with E-state index in [2.05, 4.69) is 15.3 Å². The number of H-pyrrole nitrogens is 2. The molecule has 0 bridgehead atoms. The number of fused-ring (bicyclic) bond motifs is 1. The number of aromatic amines is 2. The lowest BCUT2D eigenvalue weighted by Gasteiger charge is -2.24. The van der Waals surface area contributed by atoms with Crippen LogP contribution in [0.4, 0.5) is 11.5 Å². The highest BCUT2D eigenvalue weighted by Gasteiger charge is 2.30. The van der Waals surface area contributed by atoms with Gasteiger partial charge in [0.1, 0.15) is 5.82 Å². The number of hydrogen-bond acceptors (Lipinski definition) is 5. The first-order valence-electron chi connectivity index (χ1n) is 6.36. The Bertz CT molecular complexity index is 898. The summed E-state index contributed by atoms with van der Waals surface area (Å²) in [4.78, 5) is 49.9. The lowest BCUT2D eigenvalue weighted by molar-refractivity contribution is -0.384. The Labute approximate surface area is 122 Å². The molecule has 0 saturated heterocycles. The molecule has 3 N–H and O–H groups in total. The van der Waals surface area contributed by atoms with Crippen LogP contribution in [0.5, 0.6) is 0 Å². The van der Waals surface area contributed by atoms with Gasteiger partial charge in [0.15, 0.2) is 0 Å². The summed E-state index contributed by atoms with van der Waals surface area (Å²) in [6.45, 7) is 0. The zero-order valence-electron chi connectivity index (χ0n) is 11.1. The maximum absolute atomic E-state index is 12.0. The Morgan fingerprint density at radius 3 is 2.68 bits per heavy atom. The molecule has 9 heteroatoms. The number of hydrogen-bond donors (Lipinski definition) is 3. The summed E-state index contributed by atoms with van der Waals surface area (Å²) >= 11 is 0. The van der Waals surface area contributed by atoms with Crippen molar-refractivity contribution in [2.75, 3.05) is 5.32 Å². The van der Waals surface area contributed by atoms with Gasteiger partial charge >= 0.3 is 5.69 Å². The quantitative estimate of drug-likeness (QED) is 0.546. The van der Waals surface area contributed by atoms with Crippen molar-refractivity contribution in [3.63, 3.8) is 0 Å². The van der Waals surface area contributed by atoms with Crippen LogP contribution in [-0.4, -0.2) is 20.8 Å². The molecule has 22 heavy (non-hydrogen) atoms. The van der Waals surface area contributed by atoms with Crippen LogP contribution in [-0.2, 0) is 4.79 Å². The first-order valence-corrected chi connectivity index (χ1v) is 6.36. The van der Waals surface area contributed by atoms with Gasteiger partial charge in [-0.2, -0.15) is 0 Å². The van der Waals surface area contributed by atoms with Gasteiger partial charge in [0.05, 0.1) is 10.5 Å². The normalized spacial score (nSPS) is 16.7. The number of aromatic nitrogens is 2. The number of rotatable bonds is 2. The van der Waals surface area contributed by atoms with E-state index in [0.717, 1.165) is 0 Å². The van der Waals surface area contributed by atoms with Crippen molar-refractivity contribution in [2.24, 2.45) is 0 Å². The van der Waals surface area contributed by atoms with Gasteiger partial charge in [0, 0.05) is 24.5 Å². The molecule has 0 aliphatic carbocycles. The van der Waals surface area contributed by atoms with E-state index >= 15 is 0 Å². The zero-order chi connectivity index (χ0) is 15.9. The Kier molecular flexibility index (Phi) is 3.09. The second kappa shape index (κ2) is 4.95. The van der Waals surface area contributed by atoms with Gasteiger partial charge in [-0.25, -0.2) is 4.79 Å². The highest BCUT2D eigenvalue weighted by Crippen LogP contribution is 2.34. The van der Waals surface area contributed by atoms with Gasteiger partial charge in [-0.1, -0.05) is 12.1 Å². The van der Waals surface area contributed by atoms with Gasteiger partial charge in [0.25, 0.3) is 11.2 Å². The summed E-state index contributed by atoms with van der Waals surface area (Å²) < 4.78 is 0. The van der Waals surface area contributed by atoms with Crippen LogP contribution in [0, 0.1) is 10.1 Å². The molecule has 0 fully saturated rings. The molecular weight excluding hydrogens is 292 g/mol. The minimum Gasteiger partial charge on any atom is -0.312 e. The number of benzene rings is 1. The Morgan fingerprint density at radius 2 is 1.95 bits per heavy atom. The Balaban J connectivity index is 2.19. The summed E-state index contributed by atoms with van der Waals surface area (Å²) in [7, 11) is 0. The molecule has 0 radical (unpaired) electrons. The first-order chi connectivity index (χ1) is 10.5. The fraction of sp³-hybridized carbons (Fsp3) is 0.154. The average Bonchev–Trinajstić information content (AvgIpc) is 2.45. The van der Waals surface area contributed by atoms with Crippen LogP contribution in [0.2, 0.25) is 0 Å². The summed E-state index contributed by atoms with van der Waals surface area (Å²) in [5.41, 5.74) is -0.854. The van der Waals surface area contributed by atoms with Crippen LogP contribution < -0.4 is 16.6 Å². The molecule has 1 amide bonds. The number of amides is 1. The summed E-state index contributed by atoms with van der Waals surface area (Å²) in [6, 6.07) is 5.73. The zero-order valence-corrected chi connectivity index (χ0v) is 11.1. The number of nitro benzene ring substituents is 1. The SMILES string of the molecule is O=C1CC(c2cccc([N+](=O)[O-])c2)c2c([nH]c(=O)[nH]c2=O)N1. The highest BCUT2D eigenvalue weighted by atomic mass is 16.6. The third kappa shape index (κ3) is 2.28. The molecule has 1 unspecified atom stereocenters. The first kappa shape index (κ1) is 13.7. The monoisotopic (exact) mass is 302 g/mol. The van der Waals surface area contributed by atoms with Crippen LogP contribution in [0.15, 0.2) is 33.9 Å². The molecule has 1 aromatic carbocycles. The fourth-order valence-corrected chi connectivity index (χ4v) is 2.54. The van der Waals surface area contributed by atoms with E-state index in [1.54, 1.807) is 6.07 Å². The van der Waals surface area contributed by atoms with Gasteiger partial charge in [-0.05, 0) is 5.56 Å². The van der Waals surface area contributed by atoms with Crippen molar-refractivity contribution in [1.29, 1.82) is 0 Å². The van der Waals surface area contributed by atoms with E-state index in [4.69, 9.17) is 0 Å². The number of carbonyl (C=O) groups is 1. The maximum atomic E-state index is 12.0. The minimum atomic E-state index is -0.733. The predicted molar refractivity (Wildman–Crippen MR) is 75.9 cm³/mol. The largest absolute Gasteiger partial charge is 0.327 e. The molecule has 2 heterocycles. The van der Waals surface area contributed by atoms with E-state index in [1.807, 2.05) is 0 Å². The summed E-state index contributed by atoms with van der Waals surface area (Å²) in [5, 5.41) is 13.3. The van der Waals surface area contributed by atoms with Crippen molar-refractivity contribution >= 4 is 17.4 Å². The van der Waals surface area contributed by atoms with Crippen LogP contribution >= 0.6 is 0 Å². The maximum Gasteiger partial charge on any atom is 0.327 e. The van der Waals surface area contributed by atoms with Gasteiger partial charge in [-0.3, -0.25) is 29.7 Å². The van der Waals surface area contributed by atoms with Crippen molar-refractivity contribution in [1.82, 2.24) is 9.97 Å². The predicted octanol–water partition coefficient (Wildman–Crippen LogP) is 0.445. The van der Waals surface area contributed by atoms with Crippen molar-refractivity contribution in [3.05, 3.63) is 66.3 Å². The summed E-state index contributed by atoms with van der Waals surface area (Å²) in [6.07, 6.45) is -0.0384. The van der Waals surface area contributed by atoms with Gasteiger partial charge in [-0.15, -0.1) is 0 Å². The molecule has 9 nitrogen and oxygen atoms in total. The van der Waals surface area contributed by atoms with Crippen molar-refractivity contribution < 1.29 is 9.72 Å². The molecule has 0 saturated carbocycles. The lowest BCUT2D eigenvalue weighted by atomic mass is 9.86. The molecule has 1 aromatic heterocycles. The summed E-state index contributed by atoms with van der Waals surface area (Å²) in [5.74, 6) is -1.02. The molecular formula is C13H10N4O5. The Hall–Kier alpha value is -3.23. The van der Waals surface area contributed by atoms with Crippen molar-refractivity contribution in [3.8, 4) is 0 Å². The topological polar surface area (TPSA) is 138 Å². The van der Waals surface area contributed by atoms with Crippen molar-refractivity contribution in [2.45, 2.75) is 12.3 Å². The van der Waals surface area contributed by atoms with Crippen LogP contribution in [0.25, 0.3) is 0 Å². The standard InChI is InChI=1S/C13H10N4O5/c18-9-5-8(6-2-1-3-7(4-6)17(21)22)10-11(14-9)15-13(20)16-12(10)19/h1-4,8H,5H2,(H3,14,15,16,18,19,20). The van der Waals surface area contributed by atoms with Gasteiger partial charge < -0.3 is 5.32 Å². The minimum absolute atomic E-state index is 0.0292. The smallest absolute Gasteiger partial charge is 0.312 e. The Morgan fingerprint density at radius 1 is 1.18 bits per heavy atom. The molecule has 112 valence electrons. The third-order valence-electron chi connectivity index (χ3n) is 3.47. The fourth-order valence-electron chi connectivity index (χ4n) is 2.54. The van der Waals surface area contributed by atoms with Crippen LogP contribution in [0.1, 0.15) is 23.5 Å². The molecule has 1 aliphatic rings. The second-order valence-electron chi connectivity index (χ2n) is 4.85. The molecule has 1 aliphatic heterocycles. The van der Waals surface area contributed by atoms with E-state index < -0.39 is 22.1 Å². The van der Waals surface area contributed by atoms with Gasteiger partial charge in [0.2, 0.25) is 5.91 Å². The third-order valence-corrected chi connectivity index (χ3v) is 3.47. The van der Waals surface area contributed by atoms with Crippen LogP contribution in [0.3, 0.4) is 0 Å². The number of anilines is 1. The number of non-ortho nitro benzene ring substituents is 1. The van der Waals surface area contributed by atoms with E-state index in [9.17, 15) is 24.5 Å². The van der Waals surface area contributed by atoms with E-state index in [-0.39, 0.29) is 29.4 Å². The number of nitro groups is 1. The molecule has 1 atom stereocenters. The molecule has 2 aromatic rings. The average molecular weight is 302 g/mol. The van der Waals surface area contributed by atoms with E-state index in [1.165, 1.54) is 18.2 Å². The highest BCUT2D eigenvalue weighted by molar-refractivity contribution is 5.94. The lowest BCUT2D eigenvalue weighted by Crippen LogP contribution is -2.35. The number of nitrogens with one attached hydrogen (secondary N) is 3. The number of carbonyl (C=O) groups excluding carboxylic acids is 1. The molecule has 0 spiro atoms. The van der Waals surface area contributed by atoms with E-state index in [0.29, 0.717) is 5.56 Å². The second-order valence-corrected chi connectivity index (χ2v) is 4.85. The molecule has 3 rings (SSSR count). The number of nitrogens with zero attached hydrogens (tertiary/aromatic N) is 1.